The predicted molar refractivity (Wildman–Crippen MR) is 73.4 cm³/mol. The van der Waals surface area contributed by atoms with E-state index in [0.717, 1.165) is 4.31 Å². The lowest BCUT2D eigenvalue weighted by molar-refractivity contribution is -0.137. The van der Waals surface area contributed by atoms with Gasteiger partial charge in [0.2, 0.25) is 10.0 Å². The van der Waals surface area contributed by atoms with E-state index in [1.807, 2.05) is 13.8 Å². The van der Waals surface area contributed by atoms with Crippen molar-refractivity contribution in [3.05, 3.63) is 24.5 Å². The maximum Gasteiger partial charge on any atom is 0.318 e. The lowest BCUT2D eigenvalue weighted by Crippen LogP contribution is -2.35. The number of rotatable bonds is 7. The Bertz CT molecular complexity index is 517. The minimum absolute atomic E-state index is 0.000561. The van der Waals surface area contributed by atoms with Gasteiger partial charge >= 0.3 is 5.97 Å². The Morgan fingerprint density at radius 1 is 1.53 bits per heavy atom. The number of hydrogen-bond acceptors (Lipinski definition) is 5. The van der Waals surface area contributed by atoms with Crippen LogP contribution in [0.15, 0.2) is 29.4 Å². The van der Waals surface area contributed by atoms with Crippen LogP contribution in [0.2, 0.25) is 0 Å². The summed E-state index contributed by atoms with van der Waals surface area (Å²) in [5.41, 5.74) is 0. The van der Waals surface area contributed by atoms with E-state index in [-0.39, 0.29) is 16.0 Å². The van der Waals surface area contributed by atoms with E-state index in [0.29, 0.717) is 0 Å². The number of aromatic nitrogens is 1. The van der Waals surface area contributed by atoms with E-state index in [4.69, 9.17) is 5.11 Å². The first-order valence-electron chi connectivity index (χ1n) is 5.57. The summed E-state index contributed by atoms with van der Waals surface area (Å²) < 4.78 is 25.5. The first-order valence-corrected chi connectivity index (χ1v) is 8.06. The molecule has 0 fully saturated rings. The Hall–Kier alpha value is -1.12. The number of nitrogens with zero attached hydrogens (tertiary/aromatic N) is 2. The Morgan fingerprint density at radius 2 is 2.21 bits per heavy atom. The van der Waals surface area contributed by atoms with Gasteiger partial charge in [0.15, 0.2) is 0 Å². The summed E-state index contributed by atoms with van der Waals surface area (Å²) in [6, 6.07) is 2.90. The molecule has 0 unspecified atom stereocenters. The highest BCUT2D eigenvalue weighted by Gasteiger charge is 2.26. The maximum atomic E-state index is 12.3. The van der Waals surface area contributed by atoms with Crippen molar-refractivity contribution in [3.63, 3.8) is 0 Å². The molecule has 0 saturated carbocycles. The fourth-order valence-electron chi connectivity index (χ4n) is 1.23. The third kappa shape index (κ3) is 4.81. The van der Waals surface area contributed by atoms with E-state index < -0.39 is 22.5 Å². The summed E-state index contributed by atoms with van der Waals surface area (Å²) in [5.74, 6) is -1.09. The average molecular weight is 304 g/mol. The second kappa shape index (κ2) is 6.88. The Labute approximate surface area is 116 Å². The molecule has 0 aliphatic carbocycles. The molecule has 1 heterocycles. The summed E-state index contributed by atoms with van der Waals surface area (Å²) in [6.07, 6.45) is 2.67. The van der Waals surface area contributed by atoms with Crippen LogP contribution in [0.5, 0.6) is 0 Å². The van der Waals surface area contributed by atoms with Gasteiger partial charge in [-0.1, -0.05) is 13.8 Å². The van der Waals surface area contributed by atoms with Crippen LogP contribution in [0.25, 0.3) is 0 Å². The first-order chi connectivity index (χ1) is 8.84. The number of hydrogen-bond donors (Lipinski definition) is 1. The number of carbonyl (C=O) groups is 1. The summed E-state index contributed by atoms with van der Waals surface area (Å²) in [7, 11) is -3.82. The van der Waals surface area contributed by atoms with Gasteiger partial charge in [0.25, 0.3) is 0 Å². The Balaban J connectivity index is 2.98. The minimum Gasteiger partial charge on any atom is -0.480 e. The third-order valence-electron chi connectivity index (χ3n) is 2.14. The fourth-order valence-corrected chi connectivity index (χ4v) is 3.55. The lowest BCUT2D eigenvalue weighted by atomic mass is 10.5. The standard InChI is InChI=1S/C11H16N2O4S2/c1-9(2)18-8-13(7-11(14)15)19(16,17)10-4-3-5-12-6-10/h3-6,9H,7-8H2,1-2H3,(H,14,15). The van der Waals surface area contributed by atoms with Crippen LogP contribution in [0.3, 0.4) is 0 Å². The Kier molecular flexibility index (Phi) is 5.77. The molecule has 1 N–H and O–H groups in total. The van der Waals surface area contributed by atoms with Crippen molar-refractivity contribution in [2.24, 2.45) is 0 Å². The van der Waals surface area contributed by atoms with Gasteiger partial charge in [-0.25, -0.2) is 8.42 Å². The van der Waals surface area contributed by atoms with E-state index in [1.54, 1.807) is 0 Å². The SMILES string of the molecule is CC(C)SCN(CC(=O)O)S(=O)(=O)c1cccnc1. The van der Waals surface area contributed by atoms with E-state index in [1.165, 1.54) is 36.3 Å². The van der Waals surface area contributed by atoms with Gasteiger partial charge in [-0.15, -0.1) is 11.8 Å². The highest BCUT2D eigenvalue weighted by Crippen LogP contribution is 2.19. The van der Waals surface area contributed by atoms with Gasteiger partial charge in [-0.05, 0) is 12.1 Å². The number of carboxylic acids is 1. The van der Waals surface area contributed by atoms with Gasteiger partial charge < -0.3 is 5.11 Å². The second-order valence-electron chi connectivity index (χ2n) is 4.04. The molecule has 8 heteroatoms. The van der Waals surface area contributed by atoms with Crippen molar-refractivity contribution in [2.45, 2.75) is 24.0 Å². The summed E-state index contributed by atoms with van der Waals surface area (Å²) in [5, 5.41) is 9.04. The molecule has 0 atom stereocenters. The van der Waals surface area contributed by atoms with Crippen LogP contribution in [0, 0.1) is 0 Å². The van der Waals surface area contributed by atoms with Gasteiger partial charge in [0, 0.05) is 17.6 Å². The molecule has 1 aromatic rings. The van der Waals surface area contributed by atoms with Crippen molar-refractivity contribution in [1.29, 1.82) is 0 Å². The van der Waals surface area contributed by atoms with Gasteiger partial charge in [0.05, 0.1) is 5.88 Å². The van der Waals surface area contributed by atoms with Crippen LogP contribution >= 0.6 is 11.8 Å². The molecule has 0 aliphatic rings. The predicted octanol–water partition coefficient (Wildman–Crippen LogP) is 1.26. The highest BCUT2D eigenvalue weighted by molar-refractivity contribution is 8.00. The van der Waals surface area contributed by atoms with Crippen LogP contribution < -0.4 is 0 Å². The molecule has 6 nitrogen and oxygen atoms in total. The highest BCUT2D eigenvalue weighted by atomic mass is 32.2. The van der Waals surface area contributed by atoms with Crippen LogP contribution in [0.4, 0.5) is 0 Å². The largest absolute Gasteiger partial charge is 0.480 e. The molecule has 0 aliphatic heterocycles. The molecule has 1 aromatic heterocycles. The van der Waals surface area contributed by atoms with E-state index >= 15 is 0 Å². The van der Waals surface area contributed by atoms with Gasteiger partial charge in [-0.2, -0.15) is 4.31 Å². The summed E-state index contributed by atoms with van der Waals surface area (Å²) in [4.78, 5) is 14.5. The molecule has 106 valence electrons. The monoisotopic (exact) mass is 304 g/mol. The number of aliphatic carboxylic acids is 1. The zero-order valence-corrected chi connectivity index (χ0v) is 12.3. The molecule has 19 heavy (non-hydrogen) atoms. The van der Waals surface area contributed by atoms with Crippen LogP contribution in [-0.2, 0) is 14.8 Å². The Morgan fingerprint density at radius 3 is 2.68 bits per heavy atom. The molecule has 0 bridgehead atoms. The average Bonchev–Trinajstić information content (AvgIpc) is 2.34. The topological polar surface area (TPSA) is 87.6 Å². The van der Waals surface area contributed by atoms with Crippen molar-refractivity contribution in [3.8, 4) is 0 Å². The molecule has 0 radical (unpaired) electrons. The molecule has 0 spiro atoms. The molecule has 1 rings (SSSR count). The number of carboxylic acid groups (broad SMARTS) is 1. The van der Waals surface area contributed by atoms with Crippen molar-refractivity contribution >= 4 is 27.8 Å². The maximum absolute atomic E-state index is 12.3. The van der Waals surface area contributed by atoms with Crippen molar-refractivity contribution in [2.75, 3.05) is 12.4 Å². The van der Waals surface area contributed by atoms with Crippen LogP contribution in [-0.4, -0.2) is 46.5 Å². The smallest absolute Gasteiger partial charge is 0.318 e. The van der Waals surface area contributed by atoms with Gasteiger partial charge in [0.1, 0.15) is 11.4 Å². The first kappa shape index (κ1) is 15.9. The van der Waals surface area contributed by atoms with Crippen molar-refractivity contribution in [1.82, 2.24) is 9.29 Å². The normalized spacial score (nSPS) is 12.0. The molecule has 0 aromatic carbocycles. The number of sulfonamides is 1. The summed E-state index contributed by atoms with van der Waals surface area (Å²) in [6.45, 7) is 3.28. The fraction of sp³-hybridized carbons (Fsp3) is 0.455. The molecule has 0 amide bonds. The van der Waals surface area contributed by atoms with Crippen molar-refractivity contribution < 1.29 is 18.3 Å². The molecular formula is C11H16N2O4S2. The zero-order chi connectivity index (χ0) is 14.5. The van der Waals surface area contributed by atoms with E-state index in [2.05, 4.69) is 4.98 Å². The summed E-state index contributed by atoms with van der Waals surface area (Å²) >= 11 is 1.37. The zero-order valence-electron chi connectivity index (χ0n) is 10.7. The van der Waals surface area contributed by atoms with Crippen LogP contribution in [0.1, 0.15) is 13.8 Å². The minimum atomic E-state index is -3.82. The van der Waals surface area contributed by atoms with Gasteiger partial charge in [-0.3, -0.25) is 9.78 Å². The second-order valence-corrected chi connectivity index (χ2v) is 7.51. The number of pyridine rings is 1. The van der Waals surface area contributed by atoms with E-state index in [9.17, 15) is 13.2 Å². The lowest BCUT2D eigenvalue weighted by Gasteiger charge is -2.20. The quantitative estimate of drug-likeness (QED) is 0.763. The molecule has 0 saturated heterocycles. The number of thioether (sulfide) groups is 1. The molecular weight excluding hydrogens is 288 g/mol. The third-order valence-corrected chi connectivity index (χ3v) is 5.20.